The third kappa shape index (κ3) is 4.34. The van der Waals surface area contributed by atoms with Crippen LogP contribution in [0.5, 0.6) is 11.6 Å². The summed E-state index contributed by atoms with van der Waals surface area (Å²) in [5, 5.41) is 0. The van der Waals surface area contributed by atoms with Crippen LogP contribution in [-0.4, -0.2) is 35.7 Å². The average Bonchev–Trinajstić information content (AvgIpc) is 2.68. The monoisotopic (exact) mass is 429 g/mol. The van der Waals surface area contributed by atoms with Crippen molar-refractivity contribution in [2.75, 3.05) is 6.67 Å². The molecule has 0 fully saturated rings. The number of aliphatic imine (C=N–C) groups is 1. The molecule has 0 unspecified atom stereocenters. The molecule has 0 bridgehead atoms. The number of aromatic nitrogens is 1. The lowest BCUT2D eigenvalue weighted by molar-refractivity contribution is -0.209. The van der Waals surface area contributed by atoms with Crippen LogP contribution < -0.4 is 10.5 Å². The van der Waals surface area contributed by atoms with Gasteiger partial charge in [0.15, 0.2) is 11.9 Å². The molecule has 0 aliphatic carbocycles. The van der Waals surface area contributed by atoms with Crippen molar-refractivity contribution in [3.05, 3.63) is 53.5 Å². The lowest BCUT2D eigenvalue weighted by Gasteiger charge is -2.36. The number of benzene rings is 1. The maximum atomic E-state index is 14.5. The number of nitrogens with zero attached hydrogens (tertiary/aromatic N) is 2. The van der Waals surface area contributed by atoms with Crippen LogP contribution in [0, 0.1) is 5.82 Å². The number of Topliss-reactive ketones (excluding diaryl/α,β-unsaturated/α-hetero) is 1. The Hall–Kier alpha value is -3.24. The predicted molar refractivity (Wildman–Crippen MR) is 95.5 cm³/mol. The fraction of sp³-hybridized carbons (Fsp3) is 0.316. The number of carbonyl (C=O) groups excluding carboxylic acids is 1. The summed E-state index contributed by atoms with van der Waals surface area (Å²) in [6.07, 6.45) is -7.00. The van der Waals surface area contributed by atoms with Crippen molar-refractivity contribution in [3.63, 3.8) is 0 Å². The summed E-state index contributed by atoms with van der Waals surface area (Å²) in [4.78, 5) is 19.0. The largest absolute Gasteiger partial charge is 0.452 e. The minimum absolute atomic E-state index is 0.0160. The van der Waals surface area contributed by atoms with Crippen molar-refractivity contribution in [1.29, 1.82) is 0 Å². The summed E-state index contributed by atoms with van der Waals surface area (Å²) in [7, 11) is 0. The van der Waals surface area contributed by atoms with Gasteiger partial charge in [0, 0.05) is 29.8 Å². The SMILES string of the molecule is CC(=O)c1ccnc(Oc2ccc(F)c([C@]3(CF)C[C@@H](C(F)(F)F)OC(N)=N3)c2)c1. The molecule has 0 radical (unpaired) electrons. The zero-order valence-corrected chi connectivity index (χ0v) is 15.5. The number of rotatable bonds is 5. The molecule has 0 spiro atoms. The van der Waals surface area contributed by atoms with Gasteiger partial charge in [-0.2, -0.15) is 13.2 Å². The van der Waals surface area contributed by atoms with Crippen LogP contribution in [0.1, 0.15) is 29.3 Å². The molecule has 2 aromatic rings. The standard InChI is InChI=1S/C19H16F5N3O3/c1-10(28)11-4-5-26-16(6-11)29-12-2-3-14(21)13(7-12)18(9-20)8-15(19(22,23)24)30-17(25)27-18/h2-7,15H,8-9H2,1H3,(H2,25,27)/t15-,18+/m0/s1. The van der Waals surface area contributed by atoms with Crippen LogP contribution in [0.25, 0.3) is 0 Å². The van der Waals surface area contributed by atoms with Gasteiger partial charge in [-0.05, 0) is 31.2 Å². The molecule has 2 atom stereocenters. The summed E-state index contributed by atoms with van der Waals surface area (Å²) in [6, 6.07) is 5.00. The van der Waals surface area contributed by atoms with E-state index in [0.29, 0.717) is 5.56 Å². The normalized spacial score (nSPS) is 21.5. The molecule has 0 saturated carbocycles. The fourth-order valence-electron chi connectivity index (χ4n) is 3.02. The number of hydrogen-bond donors (Lipinski definition) is 1. The molecule has 3 rings (SSSR count). The van der Waals surface area contributed by atoms with Gasteiger partial charge in [0.05, 0.1) is 0 Å². The minimum atomic E-state index is -4.86. The van der Waals surface area contributed by atoms with Crippen LogP contribution in [-0.2, 0) is 10.3 Å². The first kappa shape index (κ1) is 21.5. The fourth-order valence-corrected chi connectivity index (χ4v) is 3.02. The number of carbonyl (C=O) groups is 1. The van der Waals surface area contributed by atoms with Gasteiger partial charge in [0.25, 0.3) is 6.02 Å². The molecule has 0 amide bonds. The molecule has 2 N–H and O–H groups in total. The van der Waals surface area contributed by atoms with Crippen molar-refractivity contribution in [2.24, 2.45) is 10.7 Å². The summed E-state index contributed by atoms with van der Waals surface area (Å²) < 4.78 is 78.0. The summed E-state index contributed by atoms with van der Waals surface area (Å²) >= 11 is 0. The highest BCUT2D eigenvalue weighted by molar-refractivity contribution is 5.94. The Morgan fingerprint density at radius 2 is 2.07 bits per heavy atom. The Bertz CT molecular complexity index is 996. The second-order valence-corrected chi connectivity index (χ2v) is 6.65. The van der Waals surface area contributed by atoms with Gasteiger partial charge in [-0.15, -0.1) is 0 Å². The van der Waals surface area contributed by atoms with Crippen LogP contribution >= 0.6 is 0 Å². The van der Waals surface area contributed by atoms with Crippen molar-refractivity contribution in [3.8, 4) is 11.6 Å². The first-order valence-corrected chi connectivity index (χ1v) is 8.63. The molecule has 160 valence electrons. The Balaban J connectivity index is 2.00. The Morgan fingerprint density at radius 1 is 1.33 bits per heavy atom. The highest BCUT2D eigenvalue weighted by Crippen LogP contribution is 2.42. The summed E-state index contributed by atoms with van der Waals surface area (Å²) in [5.41, 5.74) is 2.91. The Kier molecular flexibility index (Phi) is 5.64. The minimum Gasteiger partial charge on any atom is -0.452 e. The van der Waals surface area contributed by atoms with E-state index in [0.717, 1.165) is 12.1 Å². The highest BCUT2D eigenvalue weighted by Gasteiger charge is 2.52. The second kappa shape index (κ2) is 7.88. The van der Waals surface area contributed by atoms with Gasteiger partial charge in [0.1, 0.15) is 23.8 Å². The van der Waals surface area contributed by atoms with Gasteiger partial charge in [-0.3, -0.25) is 4.79 Å². The van der Waals surface area contributed by atoms with Gasteiger partial charge >= 0.3 is 6.18 Å². The van der Waals surface area contributed by atoms with E-state index in [4.69, 9.17) is 10.5 Å². The molecule has 1 aliphatic rings. The number of halogens is 5. The maximum Gasteiger partial charge on any atom is 0.425 e. The Labute approximate surface area is 167 Å². The number of pyridine rings is 1. The average molecular weight is 429 g/mol. The second-order valence-electron chi connectivity index (χ2n) is 6.65. The third-order valence-electron chi connectivity index (χ3n) is 4.50. The van der Waals surface area contributed by atoms with Crippen molar-refractivity contribution < 1.29 is 36.2 Å². The van der Waals surface area contributed by atoms with E-state index in [2.05, 4.69) is 14.7 Å². The van der Waals surface area contributed by atoms with E-state index in [1.165, 1.54) is 31.3 Å². The first-order valence-electron chi connectivity index (χ1n) is 8.63. The number of nitrogens with two attached hydrogens (primary N) is 1. The van der Waals surface area contributed by atoms with Gasteiger partial charge < -0.3 is 15.2 Å². The number of alkyl halides is 4. The molecule has 1 aliphatic heterocycles. The number of ether oxygens (including phenoxy) is 2. The molecule has 2 heterocycles. The van der Waals surface area contributed by atoms with Crippen LogP contribution in [0.2, 0.25) is 0 Å². The smallest absolute Gasteiger partial charge is 0.425 e. The number of ketones is 1. The molecule has 11 heteroatoms. The highest BCUT2D eigenvalue weighted by atomic mass is 19.4. The molecule has 0 saturated heterocycles. The van der Waals surface area contributed by atoms with Crippen molar-refractivity contribution in [2.45, 2.75) is 31.2 Å². The molecule has 1 aromatic heterocycles. The summed E-state index contributed by atoms with van der Waals surface area (Å²) in [6.45, 7) is -0.118. The zero-order chi connectivity index (χ0) is 22.1. The maximum absolute atomic E-state index is 14.5. The lowest BCUT2D eigenvalue weighted by Crippen LogP contribution is -2.48. The van der Waals surface area contributed by atoms with E-state index < -0.39 is 48.3 Å². The molecular formula is C19H16F5N3O3. The molecular weight excluding hydrogens is 413 g/mol. The van der Waals surface area contributed by atoms with Crippen LogP contribution in [0.4, 0.5) is 22.0 Å². The quantitative estimate of drug-likeness (QED) is 0.573. The molecule has 1 aromatic carbocycles. The summed E-state index contributed by atoms with van der Waals surface area (Å²) in [5.74, 6) is -1.30. The molecule has 6 nitrogen and oxygen atoms in total. The number of hydrogen-bond acceptors (Lipinski definition) is 6. The van der Waals surface area contributed by atoms with E-state index >= 15 is 0 Å². The molecule has 30 heavy (non-hydrogen) atoms. The van der Waals surface area contributed by atoms with Gasteiger partial charge in [-0.1, -0.05) is 0 Å². The van der Waals surface area contributed by atoms with Gasteiger partial charge in [-0.25, -0.2) is 18.8 Å². The third-order valence-corrected chi connectivity index (χ3v) is 4.50. The van der Waals surface area contributed by atoms with E-state index in [1.54, 1.807) is 0 Å². The van der Waals surface area contributed by atoms with Gasteiger partial charge in [0.2, 0.25) is 5.88 Å². The van der Waals surface area contributed by atoms with Crippen LogP contribution in [0.3, 0.4) is 0 Å². The van der Waals surface area contributed by atoms with Crippen molar-refractivity contribution in [1.82, 2.24) is 4.98 Å². The van der Waals surface area contributed by atoms with E-state index in [-0.39, 0.29) is 17.4 Å². The van der Waals surface area contributed by atoms with E-state index in [1.807, 2.05) is 0 Å². The van der Waals surface area contributed by atoms with Crippen molar-refractivity contribution >= 4 is 11.8 Å². The lowest BCUT2D eigenvalue weighted by atomic mass is 9.84. The predicted octanol–water partition coefficient (Wildman–Crippen LogP) is 4.05. The number of amidine groups is 1. The first-order chi connectivity index (χ1) is 14.0. The Morgan fingerprint density at radius 3 is 2.70 bits per heavy atom. The van der Waals surface area contributed by atoms with E-state index in [9.17, 15) is 26.7 Å². The zero-order valence-electron chi connectivity index (χ0n) is 15.5. The topological polar surface area (TPSA) is 86.8 Å². The van der Waals surface area contributed by atoms with Crippen LogP contribution in [0.15, 0.2) is 41.5 Å².